The van der Waals surface area contributed by atoms with E-state index >= 15 is 0 Å². The smallest absolute Gasteiger partial charge is 0.129 e. The highest BCUT2D eigenvalue weighted by Gasteiger charge is 2.11. The summed E-state index contributed by atoms with van der Waals surface area (Å²) in [6.07, 6.45) is 0.782. The third-order valence-corrected chi connectivity index (χ3v) is 4.18. The highest BCUT2D eigenvalue weighted by molar-refractivity contribution is 7.98. The van der Waals surface area contributed by atoms with E-state index in [4.69, 9.17) is 0 Å². The van der Waals surface area contributed by atoms with Gasteiger partial charge in [0.1, 0.15) is 22.5 Å². The molecule has 0 saturated carbocycles. The molecule has 0 radical (unpaired) electrons. The van der Waals surface area contributed by atoms with Crippen LogP contribution in [-0.4, -0.2) is 9.97 Å². The van der Waals surface area contributed by atoms with Crippen molar-refractivity contribution in [3.8, 4) is 6.07 Å². The lowest BCUT2D eigenvalue weighted by atomic mass is 10.1. The molecule has 0 saturated heterocycles. The van der Waals surface area contributed by atoms with Crippen molar-refractivity contribution in [2.75, 3.05) is 0 Å². The summed E-state index contributed by atoms with van der Waals surface area (Å²) in [5, 5.41) is 10.1. The fourth-order valence-corrected chi connectivity index (χ4v) is 3.04. The van der Waals surface area contributed by atoms with Crippen LogP contribution in [-0.2, 0) is 12.2 Å². The summed E-state index contributed by atoms with van der Waals surface area (Å²) in [7, 11) is 0. The molecule has 2 aromatic rings. The predicted molar refractivity (Wildman–Crippen MR) is 81.6 cm³/mol. The Bertz CT molecular complexity index is 659. The van der Waals surface area contributed by atoms with Gasteiger partial charge in [-0.25, -0.2) is 9.97 Å². The molecule has 2 rings (SSSR count). The van der Waals surface area contributed by atoms with E-state index in [-0.39, 0.29) is 0 Å². The van der Waals surface area contributed by atoms with Crippen molar-refractivity contribution < 1.29 is 0 Å². The van der Waals surface area contributed by atoms with Gasteiger partial charge in [-0.05, 0) is 25.0 Å². The lowest BCUT2D eigenvalue weighted by Gasteiger charge is -2.09. The highest BCUT2D eigenvalue weighted by Crippen LogP contribution is 2.26. The molecule has 0 aliphatic heterocycles. The third kappa shape index (κ3) is 3.17. The Morgan fingerprint density at radius 3 is 2.60 bits per heavy atom. The van der Waals surface area contributed by atoms with Gasteiger partial charge in [0, 0.05) is 12.2 Å². The zero-order valence-electron chi connectivity index (χ0n) is 12.0. The molecule has 1 heterocycles. The standard InChI is InChI=1S/C16H17N3S/c1-4-15-18-12(3)14(9-17)16(19-15)20-10-13-8-6-5-7-11(13)2/h5-8H,4,10H2,1-3H3. The number of benzene rings is 1. The van der Waals surface area contributed by atoms with Crippen molar-refractivity contribution in [2.45, 2.75) is 38.0 Å². The van der Waals surface area contributed by atoms with Crippen LogP contribution in [0.25, 0.3) is 0 Å². The Labute approximate surface area is 124 Å². The molecule has 0 aliphatic carbocycles. The summed E-state index contributed by atoms with van der Waals surface area (Å²) in [6, 6.07) is 10.5. The van der Waals surface area contributed by atoms with Crippen LogP contribution in [0.2, 0.25) is 0 Å². The van der Waals surface area contributed by atoms with Gasteiger partial charge in [-0.3, -0.25) is 0 Å². The Morgan fingerprint density at radius 2 is 1.95 bits per heavy atom. The molecule has 0 atom stereocenters. The summed E-state index contributed by atoms with van der Waals surface area (Å²) in [5.74, 6) is 1.62. The van der Waals surface area contributed by atoms with Crippen molar-refractivity contribution in [1.29, 1.82) is 5.26 Å². The van der Waals surface area contributed by atoms with Gasteiger partial charge >= 0.3 is 0 Å². The number of nitriles is 1. The molecule has 20 heavy (non-hydrogen) atoms. The van der Waals surface area contributed by atoms with Crippen molar-refractivity contribution in [2.24, 2.45) is 0 Å². The second kappa shape index (κ2) is 6.53. The largest absolute Gasteiger partial charge is 0.237 e. The van der Waals surface area contributed by atoms with E-state index in [0.29, 0.717) is 5.56 Å². The molecule has 0 spiro atoms. The average molecular weight is 283 g/mol. The fourth-order valence-electron chi connectivity index (χ4n) is 1.91. The number of hydrogen-bond donors (Lipinski definition) is 0. The maximum atomic E-state index is 9.27. The second-order valence-corrected chi connectivity index (χ2v) is 5.55. The maximum absolute atomic E-state index is 9.27. The minimum atomic E-state index is 0.598. The summed E-state index contributed by atoms with van der Waals surface area (Å²) >= 11 is 1.61. The lowest BCUT2D eigenvalue weighted by Crippen LogP contribution is -2.02. The van der Waals surface area contributed by atoms with Crippen LogP contribution in [0.3, 0.4) is 0 Å². The minimum absolute atomic E-state index is 0.598. The zero-order chi connectivity index (χ0) is 14.5. The monoisotopic (exact) mass is 283 g/mol. The number of aryl methyl sites for hydroxylation is 3. The van der Waals surface area contributed by atoms with E-state index in [9.17, 15) is 5.26 Å². The molecular formula is C16H17N3S. The van der Waals surface area contributed by atoms with Gasteiger partial charge < -0.3 is 0 Å². The van der Waals surface area contributed by atoms with E-state index in [1.807, 2.05) is 26.0 Å². The lowest BCUT2D eigenvalue weighted by molar-refractivity contribution is 0.860. The second-order valence-electron chi connectivity index (χ2n) is 4.59. The van der Waals surface area contributed by atoms with Crippen LogP contribution in [0.4, 0.5) is 0 Å². The number of rotatable bonds is 4. The van der Waals surface area contributed by atoms with Gasteiger partial charge in [-0.1, -0.05) is 31.2 Å². The number of aromatic nitrogens is 2. The van der Waals surface area contributed by atoms with Crippen LogP contribution in [0.1, 0.15) is 35.1 Å². The molecule has 4 heteroatoms. The zero-order valence-corrected chi connectivity index (χ0v) is 12.8. The topological polar surface area (TPSA) is 49.6 Å². The summed E-state index contributed by atoms with van der Waals surface area (Å²) in [4.78, 5) is 8.85. The first-order valence-electron chi connectivity index (χ1n) is 6.60. The van der Waals surface area contributed by atoms with E-state index in [1.54, 1.807) is 11.8 Å². The summed E-state index contributed by atoms with van der Waals surface area (Å²) < 4.78 is 0. The molecule has 0 aliphatic rings. The van der Waals surface area contributed by atoms with Gasteiger partial charge in [-0.2, -0.15) is 5.26 Å². The average Bonchev–Trinajstić information content (AvgIpc) is 2.46. The van der Waals surface area contributed by atoms with E-state index < -0.39 is 0 Å². The molecule has 0 amide bonds. The maximum Gasteiger partial charge on any atom is 0.129 e. The number of thioether (sulfide) groups is 1. The summed E-state index contributed by atoms with van der Waals surface area (Å²) in [6.45, 7) is 6.00. The van der Waals surface area contributed by atoms with E-state index in [0.717, 1.165) is 28.7 Å². The SMILES string of the molecule is CCc1nc(C)c(C#N)c(SCc2ccccc2C)n1. The molecule has 0 fully saturated rings. The van der Waals surface area contributed by atoms with Crippen molar-refractivity contribution in [1.82, 2.24) is 9.97 Å². The van der Waals surface area contributed by atoms with Gasteiger partial charge in [0.05, 0.1) is 5.69 Å². The Hall–Kier alpha value is -1.86. The van der Waals surface area contributed by atoms with Gasteiger partial charge in [0.15, 0.2) is 0 Å². The van der Waals surface area contributed by atoms with Gasteiger partial charge in [-0.15, -0.1) is 11.8 Å². The highest BCUT2D eigenvalue weighted by atomic mass is 32.2. The van der Waals surface area contributed by atoms with Crippen molar-refractivity contribution in [3.63, 3.8) is 0 Å². The van der Waals surface area contributed by atoms with E-state index in [2.05, 4.69) is 35.1 Å². The van der Waals surface area contributed by atoms with Crippen molar-refractivity contribution in [3.05, 3.63) is 52.5 Å². The van der Waals surface area contributed by atoms with Gasteiger partial charge in [0.25, 0.3) is 0 Å². The number of nitrogens with zero attached hydrogens (tertiary/aromatic N) is 3. The first kappa shape index (κ1) is 14.5. The molecule has 0 bridgehead atoms. The normalized spacial score (nSPS) is 10.3. The molecule has 102 valence electrons. The third-order valence-electron chi connectivity index (χ3n) is 3.16. The first-order valence-corrected chi connectivity index (χ1v) is 7.59. The van der Waals surface area contributed by atoms with Crippen LogP contribution < -0.4 is 0 Å². The molecule has 0 N–H and O–H groups in total. The first-order chi connectivity index (χ1) is 9.65. The molecular weight excluding hydrogens is 266 g/mol. The minimum Gasteiger partial charge on any atom is -0.237 e. The number of hydrogen-bond acceptors (Lipinski definition) is 4. The Morgan fingerprint density at radius 1 is 1.20 bits per heavy atom. The van der Waals surface area contributed by atoms with Crippen LogP contribution in [0.15, 0.2) is 29.3 Å². The molecule has 3 nitrogen and oxygen atoms in total. The van der Waals surface area contributed by atoms with Crippen LogP contribution >= 0.6 is 11.8 Å². The van der Waals surface area contributed by atoms with Crippen LogP contribution in [0.5, 0.6) is 0 Å². The molecule has 1 aromatic heterocycles. The predicted octanol–water partition coefficient (Wildman–Crippen LogP) is 3.82. The quantitative estimate of drug-likeness (QED) is 0.632. The molecule has 0 unspecified atom stereocenters. The Kier molecular flexibility index (Phi) is 4.75. The van der Waals surface area contributed by atoms with Gasteiger partial charge in [0.2, 0.25) is 0 Å². The van der Waals surface area contributed by atoms with Crippen LogP contribution in [0, 0.1) is 25.2 Å². The molecule has 1 aromatic carbocycles. The van der Waals surface area contributed by atoms with E-state index in [1.165, 1.54) is 11.1 Å². The van der Waals surface area contributed by atoms with Crippen molar-refractivity contribution >= 4 is 11.8 Å². The Balaban J connectivity index is 2.27. The summed E-state index contributed by atoms with van der Waals surface area (Å²) in [5.41, 5.74) is 3.91. The fraction of sp³-hybridized carbons (Fsp3) is 0.312.